The molecule has 0 aliphatic rings. The summed E-state index contributed by atoms with van der Waals surface area (Å²) in [6.07, 6.45) is 1.79. The Kier molecular flexibility index (Phi) is 24.5. The number of nitrogens with one attached hydrogen (secondary N) is 4. The van der Waals surface area contributed by atoms with Crippen LogP contribution < -0.4 is 67.3 Å². The number of carbonyl (C=O) groups excluding carboxylic acids is 4. The molecule has 0 spiro atoms. The molecule has 1 rings (SSSR count). The van der Waals surface area contributed by atoms with Crippen molar-refractivity contribution in [3.63, 3.8) is 0 Å². The molecular formula is C20H31KN5O4Re-. The first-order valence-corrected chi connectivity index (χ1v) is 9.29. The Bertz CT molecular complexity index is 704. The van der Waals surface area contributed by atoms with Gasteiger partial charge in [0, 0.05) is 44.6 Å². The summed E-state index contributed by atoms with van der Waals surface area (Å²) in [7, 11) is 3.42. The van der Waals surface area contributed by atoms with Gasteiger partial charge in [0.2, 0.25) is 11.8 Å². The Labute approximate surface area is 240 Å². The van der Waals surface area contributed by atoms with E-state index in [1.165, 1.54) is 6.92 Å². The largest absolute Gasteiger partial charge is 1.00 e. The van der Waals surface area contributed by atoms with Gasteiger partial charge in [-0.3, -0.25) is 14.4 Å². The fraction of sp³-hybridized carbons (Fsp3) is 0.500. The van der Waals surface area contributed by atoms with E-state index in [4.69, 9.17) is 5.73 Å². The zero-order valence-electron chi connectivity index (χ0n) is 18.9. The number of likely N-dealkylation sites (N-methyl/N-ethyl adjacent to an activating group) is 1. The van der Waals surface area contributed by atoms with E-state index in [1.807, 2.05) is 0 Å². The van der Waals surface area contributed by atoms with Crippen LogP contribution in [0.15, 0.2) is 18.2 Å². The minimum absolute atomic E-state index is 0. The van der Waals surface area contributed by atoms with Crippen LogP contribution in [0.4, 0.5) is 11.4 Å². The number of carbonyl (C=O) groups is 4. The van der Waals surface area contributed by atoms with Crippen LogP contribution in [0, 0.1) is 0 Å². The molecule has 9 nitrogen and oxygen atoms in total. The summed E-state index contributed by atoms with van der Waals surface area (Å²) in [5, 5.41) is 11.8. The fourth-order valence-corrected chi connectivity index (χ4v) is 2.28. The number of ketones is 2. The fourth-order valence-electron chi connectivity index (χ4n) is 2.28. The van der Waals surface area contributed by atoms with Crippen LogP contribution in [-0.2, 0) is 46.0 Å². The van der Waals surface area contributed by atoms with Crippen LogP contribution in [0.1, 0.15) is 32.3 Å². The van der Waals surface area contributed by atoms with E-state index in [-0.39, 0.29) is 102 Å². The zero-order valence-corrected chi connectivity index (χ0v) is 24.8. The molecule has 4 N–H and O–H groups in total. The SMILES string of the molecule is CNCC(=O)Nc1cc(CC(C)=O)cc(NC(=O)C[NH-])c1.C[N-]CCCC(C)=O.[K+].[Re]. The van der Waals surface area contributed by atoms with Crippen LogP contribution in [0.25, 0.3) is 11.1 Å². The predicted octanol–water partition coefficient (Wildman–Crippen LogP) is -0.673. The third kappa shape index (κ3) is 20.0. The number of nitrogens with zero attached hydrogens (tertiary/aromatic N) is 1. The van der Waals surface area contributed by atoms with Crippen LogP contribution in [0.3, 0.4) is 0 Å². The molecule has 169 valence electrons. The Balaban J connectivity index is -0.000000673. The van der Waals surface area contributed by atoms with Crippen molar-refractivity contribution < 1.29 is 91.0 Å². The van der Waals surface area contributed by atoms with Crippen molar-refractivity contribution in [1.29, 1.82) is 0 Å². The predicted molar refractivity (Wildman–Crippen MR) is 115 cm³/mol. The van der Waals surface area contributed by atoms with E-state index in [2.05, 4.69) is 21.3 Å². The molecule has 0 fully saturated rings. The molecule has 1 radical (unpaired) electrons. The molecule has 0 aromatic heterocycles. The number of hydrogen-bond donors (Lipinski definition) is 3. The van der Waals surface area contributed by atoms with Crippen LogP contribution in [0.5, 0.6) is 0 Å². The second-order valence-corrected chi connectivity index (χ2v) is 6.45. The summed E-state index contributed by atoms with van der Waals surface area (Å²) >= 11 is 0. The van der Waals surface area contributed by atoms with Gasteiger partial charge in [-0.05, 0) is 44.7 Å². The molecule has 0 atom stereocenters. The van der Waals surface area contributed by atoms with E-state index >= 15 is 0 Å². The van der Waals surface area contributed by atoms with E-state index < -0.39 is 12.5 Å². The topological polar surface area (TPSA) is 142 Å². The average molecular weight is 631 g/mol. The Hall–Kier alpha value is -0.321. The Morgan fingerprint density at radius 1 is 0.968 bits per heavy atom. The summed E-state index contributed by atoms with van der Waals surface area (Å²) < 4.78 is 0. The van der Waals surface area contributed by atoms with Gasteiger partial charge in [-0.2, -0.15) is 7.05 Å². The zero-order chi connectivity index (χ0) is 22.2. The van der Waals surface area contributed by atoms with E-state index in [0.717, 1.165) is 13.0 Å². The smallest absolute Gasteiger partial charge is 0.670 e. The first-order valence-electron chi connectivity index (χ1n) is 9.29. The Morgan fingerprint density at radius 3 is 1.94 bits per heavy atom. The van der Waals surface area contributed by atoms with E-state index in [0.29, 0.717) is 23.4 Å². The quantitative estimate of drug-likeness (QED) is 0.220. The summed E-state index contributed by atoms with van der Waals surface area (Å²) in [5.74, 6) is -0.446. The van der Waals surface area contributed by atoms with Crippen molar-refractivity contribution >= 4 is 34.8 Å². The van der Waals surface area contributed by atoms with Gasteiger partial charge >= 0.3 is 51.4 Å². The maximum Gasteiger partial charge on any atom is 1.00 e. The molecular weight excluding hydrogens is 600 g/mol. The second kappa shape index (κ2) is 21.5. The van der Waals surface area contributed by atoms with Gasteiger partial charge < -0.3 is 31.8 Å². The summed E-state index contributed by atoms with van der Waals surface area (Å²) in [6, 6.07) is 4.93. The molecule has 1 aromatic carbocycles. The summed E-state index contributed by atoms with van der Waals surface area (Å²) in [4.78, 5) is 44.4. The third-order valence-electron chi connectivity index (χ3n) is 3.42. The number of hydrogen-bond acceptors (Lipinski definition) is 5. The van der Waals surface area contributed by atoms with Crippen LogP contribution in [-0.4, -0.2) is 57.1 Å². The van der Waals surface area contributed by atoms with Gasteiger partial charge in [-0.1, -0.05) is 13.0 Å². The van der Waals surface area contributed by atoms with Crippen molar-refractivity contribution in [2.75, 3.05) is 44.4 Å². The molecule has 2 amide bonds. The summed E-state index contributed by atoms with van der Waals surface area (Å²) in [6.45, 7) is 3.66. The van der Waals surface area contributed by atoms with Gasteiger partial charge in [0.1, 0.15) is 11.6 Å². The number of amides is 2. The summed E-state index contributed by atoms with van der Waals surface area (Å²) in [5.41, 5.74) is 8.63. The monoisotopic (exact) mass is 631 g/mol. The number of anilines is 2. The van der Waals surface area contributed by atoms with Gasteiger partial charge in [0.05, 0.1) is 6.54 Å². The van der Waals surface area contributed by atoms with Crippen LogP contribution >= 0.6 is 0 Å². The van der Waals surface area contributed by atoms with Crippen molar-refractivity contribution in [2.45, 2.75) is 33.1 Å². The number of benzene rings is 1. The second-order valence-electron chi connectivity index (χ2n) is 6.45. The van der Waals surface area contributed by atoms with Gasteiger partial charge in [0.25, 0.3) is 0 Å². The van der Waals surface area contributed by atoms with Crippen molar-refractivity contribution in [3.05, 3.63) is 34.8 Å². The maximum absolute atomic E-state index is 11.6. The molecule has 0 heterocycles. The van der Waals surface area contributed by atoms with Crippen molar-refractivity contribution in [1.82, 2.24) is 5.32 Å². The number of rotatable bonds is 11. The average Bonchev–Trinajstić information content (AvgIpc) is 2.61. The van der Waals surface area contributed by atoms with Gasteiger partial charge in [-0.15, -0.1) is 6.54 Å². The van der Waals surface area contributed by atoms with Crippen LogP contribution in [0.2, 0.25) is 0 Å². The van der Waals surface area contributed by atoms with Gasteiger partial charge in [0.15, 0.2) is 0 Å². The third-order valence-corrected chi connectivity index (χ3v) is 3.42. The molecule has 31 heavy (non-hydrogen) atoms. The van der Waals surface area contributed by atoms with Crippen molar-refractivity contribution in [2.24, 2.45) is 0 Å². The first kappa shape index (κ1) is 35.3. The number of Topliss-reactive ketones (excluding diaryl/α,β-unsaturated/α-hetero) is 2. The minimum atomic E-state index is -0.456. The standard InChI is InChI=1S/C14H19N4O3.C6H12NO.K.Re/c1-9(19)3-10-4-11(17-13(20)7-15)6-12(5-10)18-14(21)8-16-2;1-6(8)4-3-5-7-2;;/h4-6,15-16H,3,7-8H2,1-2H3,(H,17,20)(H,18,21);3-5H2,1-2H3;;/q2*-1;+1;. The molecule has 0 aliphatic carbocycles. The van der Waals surface area contributed by atoms with Gasteiger partial charge in [-0.25, -0.2) is 0 Å². The Morgan fingerprint density at radius 2 is 1.52 bits per heavy atom. The molecule has 11 heteroatoms. The van der Waals surface area contributed by atoms with Crippen molar-refractivity contribution in [3.8, 4) is 0 Å². The molecule has 0 unspecified atom stereocenters. The van der Waals surface area contributed by atoms with E-state index in [1.54, 1.807) is 39.2 Å². The minimum Gasteiger partial charge on any atom is -0.670 e. The maximum atomic E-state index is 11.6. The molecule has 0 bridgehead atoms. The normalized spacial score (nSPS) is 9.19. The molecule has 0 saturated carbocycles. The van der Waals surface area contributed by atoms with E-state index in [9.17, 15) is 19.2 Å². The molecule has 0 saturated heterocycles. The molecule has 1 aromatic rings. The first-order chi connectivity index (χ1) is 13.7. The molecule has 0 aliphatic heterocycles.